The molecule has 1 heterocycles. The van der Waals surface area contributed by atoms with Crippen LogP contribution in [0.3, 0.4) is 0 Å². The van der Waals surface area contributed by atoms with Crippen LogP contribution in [0.4, 0.5) is 0 Å². The summed E-state index contributed by atoms with van der Waals surface area (Å²) in [6, 6.07) is 10.6. The molecule has 0 aliphatic carbocycles. The molecule has 0 spiro atoms. The van der Waals surface area contributed by atoms with Crippen LogP contribution in [0.1, 0.15) is 44.6 Å². The Bertz CT molecular complexity index is 317. The molecule has 0 radical (unpaired) electrons. The van der Waals surface area contributed by atoms with Crippen LogP contribution >= 0.6 is 0 Å². The van der Waals surface area contributed by atoms with Crippen molar-refractivity contribution in [2.24, 2.45) is 0 Å². The summed E-state index contributed by atoms with van der Waals surface area (Å²) in [5, 5.41) is 3.59. The number of benzene rings is 1. The van der Waals surface area contributed by atoms with Gasteiger partial charge in [0.2, 0.25) is 0 Å². The quantitative estimate of drug-likeness (QED) is 0.787. The molecule has 1 aromatic carbocycles. The van der Waals surface area contributed by atoms with Gasteiger partial charge in [-0.2, -0.15) is 0 Å². The smallest absolute Gasteiger partial charge is 0.145 e. The van der Waals surface area contributed by atoms with E-state index in [2.05, 4.69) is 42.6 Å². The second-order valence-electron chi connectivity index (χ2n) is 4.78. The Morgan fingerprint density at radius 3 is 2.71 bits per heavy atom. The van der Waals surface area contributed by atoms with Crippen LogP contribution in [-0.4, -0.2) is 13.2 Å². The SMILES string of the molecule is CCCCOC1(c2ccccc2)CCCCN1. The highest BCUT2D eigenvalue weighted by Crippen LogP contribution is 2.31. The summed E-state index contributed by atoms with van der Waals surface area (Å²) in [6.45, 7) is 4.10. The van der Waals surface area contributed by atoms with Crippen LogP contribution in [-0.2, 0) is 10.5 Å². The fraction of sp³-hybridized carbons (Fsp3) is 0.600. The molecule has 0 amide bonds. The predicted octanol–water partition coefficient (Wildman–Crippen LogP) is 3.43. The lowest BCUT2D eigenvalue weighted by Crippen LogP contribution is -2.48. The fourth-order valence-corrected chi connectivity index (χ4v) is 2.43. The standard InChI is InChI=1S/C15H23NO/c1-2-3-13-17-15(11-7-8-12-16-15)14-9-5-4-6-10-14/h4-6,9-10,16H,2-3,7-8,11-13H2,1H3. The monoisotopic (exact) mass is 233 g/mol. The van der Waals surface area contributed by atoms with E-state index in [1.807, 2.05) is 0 Å². The lowest BCUT2D eigenvalue weighted by molar-refractivity contribution is -0.0951. The van der Waals surface area contributed by atoms with E-state index in [4.69, 9.17) is 4.74 Å². The van der Waals surface area contributed by atoms with Crippen LogP contribution < -0.4 is 5.32 Å². The van der Waals surface area contributed by atoms with Crippen molar-refractivity contribution < 1.29 is 4.74 Å². The van der Waals surface area contributed by atoms with Gasteiger partial charge in [0.15, 0.2) is 0 Å². The summed E-state index contributed by atoms with van der Waals surface area (Å²) in [5.74, 6) is 0. The van der Waals surface area contributed by atoms with Gasteiger partial charge >= 0.3 is 0 Å². The summed E-state index contributed by atoms with van der Waals surface area (Å²) < 4.78 is 6.19. The molecule has 1 N–H and O–H groups in total. The summed E-state index contributed by atoms with van der Waals surface area (Å²) in [6.07, 6.45) is 5.90. The van der Waals surface area contributed by atoms with Crippen molar-refractivity contribution in [3.63, 3.8) is 0 Å². The third-order valence-electron chi connectivity index (χ3n) is 3.45. The highest BCUT2D eigenvalue weighted by atomic mass is 16.5. The van der Waals surface area contributed by atoms with E-state index in [0.717, 1.165) is 26.0 Å². The van der Waals surface area contributed by atoms with E-state index >= 15 is 0 Å². The number of piperidine rings is 1. The second-order valence-corrected chi connectivity index (χ2v) is 4.78. The van der Waals surface area contributed by atoms with E-state index < -0.39 is 0 Å². The Kier molecular flexibility index (Phi) is 4.57. The van der Waals surface area contributed by atoms with Gasteiger partial charge in [-0.3, -0.25) is 5.32 Å². The minimum atomic E-state index is -0.228. The molecule has 1 aliphatic heterocycles. The highest BCUT2D eigenvalue weighted by molar-refractivity contribution is 5.22. The molecule has 1 atom stereocenters. The van der Waals surface area contributed by atoms with Crippen molar-refractivity contribution in [1.29, 1.82) is 0 Å². The molecule has 2 heteroatoms. The van der Waals surface area contributed by atoms with Gasteiger partial charge in [0, 0.05) is 6.61 Å². The minimum absolute atomic E-state index is 0.228. The molecule has 1 aliphatic rings. The van der Waals surface area contributed by atoms with Crippen molar-refractivity contribution >= 4 is 0 Å². The molecule has 94 valence electrons. The lowest BCUT2D eigenvalue weighted by atomic mass is 9.93. The zero-order chi connectivity index (χ0) is 12.0. The first-order valence-corrected chi connectivity index (χ1v) is 6.82. The summed E-state index contributed by atoms with van der Waals surface area (Å²) in [7, 11) is 0. The molecule has 1 unspecified atom stereocenters. The molecule has 1 aromatic rings. The number of hydrogen-bond donors (Lipinski definition) is 1. The number of ether oxygens (including phenoxy) is 1. The molecular weight excluding hydrogens is 210 g/mol. The van der Waals surface area contributed by atoms with Crippen LogP contribution in [0.25, 0.3) is 0 Å². The normalized spacial score (nSPS) is 24.8. The van der Waals surface area contributed by atoms with Crippen LogP contribution in [0.5, 0.6) is 0 Å². The summed E-state index contributed by atoms with van der Waals surface area (Å²) in [5.41, 5.74) is 1.05. The van der Waals surface area contributed by atoms with Crippen molar-refractivity contribution in [1.82, 2.24) is 5.32 Å². The van der Waals surface area contributed by atoms with E-state index in [9.17, 15) is 0 Å². The molecule has 1 saturated heterocycles. The summed E-state index contributed by atoms with van der Waals surface area (Å²) >= 11 is 0. The second kappa shape index (κ2) is 6.18. The molecule has 17 heavy (non-hydrogen) atoms. The molecule has 0 bridgehead atoms. The Hall–Kier alpha value is -0.860. The van der Waals surface area contributed by atoms with E-state index in [0.29, 0.717) is 0 Å². The first-order valence-electron chi connectivity index (χ1n) is 6.82. The average molecular weight is 233 g/mol. The minimum Gasteiger partial charge on any atom is -0.356 e. The maximum absolute atomic E-state index is 6.19. The maximum atomic E-state index is 6.19. The van der Waals surface area contributed by atoms with Gasteiger partial charge in [0.25, 0.3) is 0 Å². The number of hydrogen-bond acceptors (Lipinski definition) is 2. The van der Waals surface area contributed by atoms with Crippen LogP contribution in [0, 0.1) is 0 Å². The van der Waals surface area contributed by atoms with Gasteiger partial charge in [0.1, 0.15) is 5.72 Å². The molecule has 0 aromatic heterocycles. The molecule has 0 saturated carbocycles. The summed E-state index contributed by atoms with van der Waals surface area (Å²) in [4.78, 5) is 0. The maximum Gasteiger partial charge on any atom is 0.145 e. The Labute approximate surface area is 104 Å². The van der Waals surface area contributed by atoms with Crippen molar-refractivity contribution in [2.75, 3.05) is 13.2 Å². The van der Waals surface area contributed by atoms with Gasteiger partial charge in [-0.15, -0.1) is 0 Å². The highest BCUT2D eigenvalue weighted by Gasteiger charge is 2.34. The Morgan fingerprint density at radius 1 is 1.24 bits per heavy atom. The molecule has 2 rings (SSSR count). The largest absolute Gasteiger partial charge is 0.356 e. The van der Waals surface area contributed by atoms with Crippen LogP contribution in [0.2, 0.25) is 0 Å². The van der Waals surface area contributed by atoms with Gasteiger partial charge in [-0.1, -0.05) is 43.7 Å². The van der Waals surface area contributed by atoms with Crippen molar-refractivity contribution in [2.45, 2.75) is 44.8 Å². The molecular formula is C15H23NO. The van der Waals surface area contributed by atoms with Gasteiger partial charge in [0.05, 0.1) is 0 Å². The average Bonchev–Trinajstić information content (AvgIpc) is 2.41. The van der Waals surface area contributed by atoms with Crippen molar-refractivity contribution in [3.8, 4) is 0 Å². The zero-order valence-corrected chi connectivity index (χ0v) is 10.7. The lowest BCUT2D eigenvalue weighted by Gasteiger charge is -2.38. The molecule has 1 fully saturated rings. The topological polar surface area (TPSA) is 21.3 Å². The molecule has 2 nitrogen and oxygen atoms in total. The van der Waals surface area contributed by atoms with E-state index in [1.54, 1.807) is 0 Å². The van der Waals surface area contributed by atoms with Crippen LogP contribution in [0.15, 0.2) is 30.3 Å². The predicted molar refractivity (Wildman–Crippen MR) is 70.8 cm³/mol. The fourth-order valence-electron chi connectivity index (χ4n) is 2.43. The van der Waals surface area contributed by atoms with E-state index in [-0.39, 0.29) is 5.72 Å². The third kappa shape index (κ3) is 3.08. The van der Waals surface area contributed by atoms with Gasteiger partial charge in [-0.25, -0.2) is 0 Å². The first kappa shape index (κ1) is 12.6. The Balaban J connectivity index is 2.11. The number of nitrogens with one attached hydrogen (secondary N) is 1. The van der Waals surface area contributed by atoms with Crippen molar-refractivity contribution in [3.05, 3.63) is 35.9 Å². The Morgan fingerprint density at radius 2 is 2.06 bits per heavy atom. The van der Waals surface area contributed by atoms with E-state index in [1.165, 1.54) is 24.8 Å². The van der Waals surface area contributed by atoms with Gasteiger partial charge in [-0.05, 0) is 37.8 Å². The number of unbranched alkanes of at least 4 members (excludes halogenated alkanes) is 1. The third-order valence-corrected chi connectivity index (χ3v) is 3.45. The van der Waals surface area contributed by atoms with Gasteiger partial charge < -0.3 is 4.74 Å². The zero-order valence-electron chi connectivity index (χ0n) is 10.7. The first-order chi connectivity index (χ1) is 8.37. The number of rotatable bonds is 5.